The average molecular weight is 499 g/mol. The van der Waals surface area contributed by atoms with Crippen LogP contribution in [0.3, 0.4) is 0 Å². The summed E-state index contributed by atoms with van der Waals surface area (Å²) in [4.78, 5) is 0. The van der Waals surface area contributed by atoms with E-state index in [1.54, 1.807) is 0 Å². The van der Waals surface area contributed by atoms with Crippen LogP contribution in [-0.4, -0.2) is 88.8 Å². The second kappa shape index (κ2) is 9.16. The van der Waals surface area contributed by atoms with Crippen LogP contribution >= 0.6 is 0 Å². The van der Waals surface area contributed by atoms with Crippen molar-refractivity contribution in [2.24, 2.45) is 34.0 Å². The van der Waals surface area contributed by atoms with Crippen molar-refractivity contribution in [1.29, 1.82) is 0 Å². The van der Waals surface area contributed by atoms with Gasteiger partial charge in [0.05, 0.1) is 25.4 Å². The Balaban J connectivity index is 1.33. The molecule has 0 amide bonds. The van der Waals surface area contributed by atoms with Crippen LogP contribution in [-0.2, 0) is 14.2 Å². The summed E-state index contributed by atoms with van der Waals surface area (Å²) >= 11 is 0. The third-order valence-corrected chi connectivity index (χ3v) is 11.4. The molecular weight excluding hydrogens is 452 g/mol. The van der Waals surface area contributed by atoms with E-state index in [9.17, 15) is 25.5 Å². The number of hydrogen-bond donors (Lipinski definition) is 5. The van der Waals surface area contributed by atoms with Gasteiger partial charge in [-0.15, -0.1) is 0 Å². The Kier molecular flexibility index (Phi) is 6.88. The molecule has 0 aromatic rings. The van der Waals surface area contributed by atoms with E-state index in [4.69, 9.17) is 14.2 Å². The molecule has 2 bridgehead atoms. The Bertz CT molecular complexity index is 778. The molecule has 12 unspecified atom stereocenters. The molecule has 8 nitrogen and oxygen atoms in total. The summed E-state index contributed by atoms with van der Waals surface area (Å²) in [6, 6.07) is 0. The number of rotatable bonds is 6. The van der Waals surface area contributed by atoms with Gasteiger partial charge in [0.15, 0.2) is 6.29 Å². The van der Waals surface area contributed by atoms with Crippen molar-refractivity contribution in [2.45, 2.75) is 108 Å². The van der Waals surface area contributed by atoms with Gasteiger partial charge in [-0.2, -0.15) is 0 Å². The van der Waals surface area contributed by atoms with Gasteiger partial charge in [-0.25, -0.2) is 0 Å². The van der Waals surface area contributed by atoms with Crippen LogP contribution in [0.15, 0.2) is 0 Å². The summed E-state index contributed by atoms with van der Waals surface area (Å²) in [7, 11) is 1.42. The van der Waals surface area contributed by atoms with Crippen LogP contribution in [0.4, 0.5) is 0 Å². The lowest BCUT2D eigenvalue weighted by atomic mass is 9.41. The van der Waals surface area contributed by atoms with Gasteiger partial charge in [-0.05, 0) is 85.4 Å². The Morgan fingerprint density at radius 2 is 1.74 bits per heavy atom. The molecule has 4 aliphatic carbocycles. The van der Waals surface area contributed by atoms with Gasteiger partial charge in [0.1, 0.15) is 24.4 Å². The zero-order valence-corrected chi connectivity index (χ0v) is 21.6. The van der Waals surface area contributed by atoms with Crippen LogP contribution in [0.1, 0.15) is 71.6 Å². The Labute approximate surface area is 209 Å². The second-order valence-corrected chi connectivity index (χ2v) is 13.2. The maximum atomic E-state index is 11.2. The predicted molar refractivity (Wildman–Crippen MR) is 127 cm³/mol. The van der Waals surface area contributed by atoms with E-state index in [2.05, 4.69) is 13.8 Å². The minimum Gasteiger partial charge on any atom is -0.394 e. The quantitative estimate of drug-likeness (QED) is 0.374. The van der Waals surface area contributed by atoms with E-state index < -0.39 is 36.3 Å². The highest BCUT2D eigenvalue weighted by Gasteiger charge is 2.67. The molecule has 1 aliphatic heterocycles. The average Bonchev–Trinajstić information content (AvgIpc) is 3.04. The molecule has 5 rings (SSSR count). The van der Waals surface area contributed by atoms with Crippen molar-refractivity contribution >= 4 is 0 Å². The van der Waals surface area contributed by atoms with E-state index >= 15 is 0 Å². The molecule has 8 heteroatoms. The lowest BCUT2D eigenvalue weighted by Gasteiger charge is -2.64. The van der Waals surface area contributed by atoms with Crippen LogP contribution in [0.5, 0.6) is 0 Å². The maximum absolute atomic E-state index is 11.2. The highest BCUT2D eigenvalue weighted by Crippen LogP contribution is 2.72. The predicted octanol–water partition coefficient (Wildman–Crippen LogP) is 1.59. The van der Waals surface area contributed by atoms with E-state index in [0.29, 0.717) is 18.4 Å². The van der Waals surface area contributed by atoms with E-state index in [-0.39, 0.29) is 35.4 Å². The van der Waals surface area contributed by atoms with Gasteiger partial charge in [-0.3, -0.25) is 0 Å². The molecule has 0 radical (unpaired) electrons. The minimum absolute atomic E-state index is 0.0990. The number of aliphatic hydroxyl groups excluding tert-OH is 4. The highest BCUT2D eigenvalue weighted by atomic mass is 16.7. The van der Waals surface area contributed by atoms with Gasteiger partial charge in [0.2, 0.25) is 0 Å². The number of ether oxygens (including phenoxy) is 3. The molecule has 1 heterocycles. The minimum atomic E-state index is -1.25. The topological polar surface area (TPSA) is 129 Å². The summed E-state index contributed by atoms with van der Waals surface area (Å²) in [5.41, 5.74) is -0.752. The number of methoxy groups -OCH3 is 1. The van der Waals surface area contributed by atoms with Gasteiger partial charge in [-0.1, -0.05) is 20.3 Å². The van der Waals surface area contributed by atoms with Gasteiger partial charge < -0.3 is 39.7 Å². The Hall–Kier alpha value is -0.320. The van der Waals surface area contributed by atoms with Crippen molar-refractivity contribution in [3.8, 4) is 0 Å². The summed E-state index contributed by atoms with van der Waals surface area (Å²) in [6.45, 7) is 4.71. The molecule has 5 N–H and O–H groups in total. The van der Waals surface area contributed by atoms with Gasteiger partial charge in [0, 0.05) is 7.11 Å². The fraction of sp³-hybridized carbons (Fsp3) is 1.00. The standard InChI is InChI=1S/C27H46O8/c1-24(15-34-23-21(31)20(30)22(33-3)17(12-28)35-23)8-4-9-25(2)18(24)7-10-26-11-16(5-6-19(25)26)27(32,13-26)14-29/h16-23,28-32H,4-15H2,1-3H3. The summed E-state index contributed by atoms with van der Waals surface area (Å²) in [5.74, 6) is 1.20. The van der Waals surface area contributed by atoms with E-state index in [0.717, 1.165) is 51.4 Å². The number of fused-ring (bicyclic) bond motifs is 3. The molecule has 202 valence electrons. The van der Waals surface area contributed by atoms with Crippen LogP contribution in [0.2, 0.25) is 0 Å². The molecule has 12 atom stereocenters. The largest absolute Gasteiger partial charge is 0.394 e. The maximum Gasteiger partial charge on any atom is 0.186 e. The van der Waals surface area contributed by atoms with Crippen molar-refractivity contribution in [3.63, 3.8) is 0 Å². The molecule has 1 spiro atoms. The van der Waals surface area contributed by atoms with Crippen molar-refractivity contribution in [1.82, 2.24) is 0 Å². The van der Waals surface area contributed by atoms with Gasteiger partial charge >= 0.3 is 0 Å². The fourth-order valence-electron chi connectivity index (χ4n) is 9.87. The lowest BCUT2D eigenvalue weighted by Crippen LogP contribution is -2.61. The highest BCUT2D eigenvalue weighted by molar-refractivity contribution is 5.17. The van der Waals surface area contributed by atoms with Crippen molar-refractivity contribution in [3.05, 3.63) is 0 Å². The van der Waals surface area contributed by atoms with Crippen molar-refractivity contribution < 1.29 is 39.7 Å². The first-order valence-electron chi connectivity index (χ1n) is 13.7. The van der Waals surface area contributed by atoms with E-state index in [1.165, 1.54) is 13.5 Å². The SMILES string of the molecule is COC1C(CO)OC(OCC2(C)CCCC3(C)C2CCC24CC(CCC23)C(O)(CO)C4)C(O)C1O. The molecule has 1 saturated heterocycles. The molecular formula is C27H46O8. The fourth-order valence-corrected chi connectivity index (χ4v) is 9.87. The first-order valence-corrected chi connectivity index (χ1v) is 13.7. The van der Waals surface area contributed by atoms with Crippen LogP contribution in [0, 0.1) is 34.0 Å². The molecule has 0 aromatic heterocycles. The van der Waals surface area contributed by atoms with Gasteiger partial charge in [0.25, 0.3) is 0 Å². The van der Waals surface area contributed by atoms with Crippen LogP contribution < -0.4 is 0 Å². The zero-order valence-electron chi connectivity index (χ0n) is 21.6. The number of hydrogen-bond acceptors (Lipinski definition) is 8. The van der Waals surface area contributed by atoms with Crippen molar-refractivity contribution in [2.75, 3.05) is 26.9 Å². The number of aliphatic hydroxyl groups is 5. The smallest absolute Gasteiger partial charge is 0.186 e. The van der Waals surface area contributed by atoms with E-state index in [1.807, 2.05) is 0 Å². The molecule has 0 aromatic carbocycles. The Morgan fingerprint density at radius 3 is 2.43 bits per heavy atom. The summed E-state index contributed by atoms with van der Waals surface area (Å²) < 4.78 is 17.3. The lowest BCUT2D eigenvalue weighted by molar-refractivity contribution is -0.313. The summed E-state index contributed by atoms with van der Waals surface area (Å²) in [6.07, 6.45) is 4.30. The molecule has 35 heavy (non-hydrogen) atoms. The first-order chi connectivity index (χ1) is 16.6. The molecule has 5 aliphatic rings. The second-order valence-electron chi connectivity index (χ2n) is 13.2. The normalized spacial score (nSPS) is 55.9. The summed E-state index contributed by atoms with van der Waals surface area (Å²) in [5, 5.41) is 52.0. The third kappa shape index (κ3) is 3.94. The third-order valence-electron chi connectivity index (χ3n) is 11.4. The molecule has 5 fully saturated rings. The van der Waals surface area contributed by atoms with Crippen LogP contribution in [0.25, 0.3) is 0 Å². The molecule has 4 saturated carbocycles. The first kappa shape index (κ1) is 26.3. The zero-order chi connectivity index (χ0) is 25.2. The Morgan fingerprint density at radius 1 is 0.971 bits per heavy atom. The monoisotopic (exact) mass is 498 g/mol.